The average Bonchev–Trinajstić information content (AvgIpc) is 2.79. The number of likely N-dealkylation sites (tertiary alicyclic amines) is 1. The molecule has 0 N–H and O–H groups in total. The van der Waals surface area contributed by atoms with Crippen LogP contribution in [-0.2, 0) is 0 Å². The van der Waals surface area contributed by atoms with Crippen LogP contribution >= 0.6 is 11.6 Å². The van der Waals surface area contributed by atoms with Gasteiger partial charge in [-0.25, -0.2) is 9.97 Å². The van der Waals surface area contributed by atoms with Crippen molar-refractivity contribution in [1.29, 1.82) is 0 Å². The molecule has 3 rings (SSSR count). The number of hydrogen-bond acceptors (Lipinski definition) is 5. The summed E-state index contributed by atoms with van der Waals surface area (Å²) < 4.78 is 5.38. The van der Waals surface area contributed by atoms with E-state index in [1.165, 1.54) is 7.11 Å². The van der Waals surface area contributed by atoms with E-state index in [4.69, 9.17) is 16.3 Å². The third kappa shape index (κ3) is 4.82. The van der Waals surface area contributed by atoms with Gasteiger partial charge in [-0.3, -0.25) is 9.59 Å². The fourth-order valence-electron chi connectivity index (χ4n) is 3.98. The van der Waals surface area contributed by atoms with Gasteiger partial charge in [0.15, 0.2) is 5.82 Å². The van der Waals surface area contributed by atoms with E-state index in [9.17, 15) is 9.59 Å². The van der Waals surface area contributed by atoms with Crippen LogP contribution in [0.3, 0.4) is 0 Å². The lowest BCUT2D eigenvalue weighted by Crippen LogP contribution is -2.39. The maximum atomic E-state index is 13.4. The number of methoxy groups -OCH3 is 1. The lowest BCUT2D eigenvalue weighted by molar-refractivity contribution is 0.0595. The zero-order valence-electron chi connectivity index (χ0n) is 18.5. The molecule has 7 nitrogen and oxygen atoms in total. The maximum Gasteiger partial charge on any atom is 0.258 e. The largest absolute Gasteiger partial charge is 0.496 e. The number of halogens is 1. The number of hydrogen-bond donors (Lipinski definition) is 0. The molecule has 0 radical (unpaired) electrons. The van der Waals surface area contributed by atoms with Crippen molar-refractivity contribution in [3.8, 4) is 5.75 Å². The first-order valence-electron chi connectivity index (χ1n) is 10.7. The van der Waals surface area contributed by atoms with Gasteiger partial charge in [0.2, 0.25) is 0 Å². The van der Waals surface area contributed by atoms with Gasteiger partial charge in [-0.2, -0.15) is 0 Å². The molecule has 1 aromatic carbocycles. The molecule has 1 saturated heterocycles. The van der Waals surface area contributed by atoms with Crippen molar-refractivity contribution in [2.24, 2.45) is 0 Å². The first-order chi connectivity index (χ1) is 14.9. The monoisotopic (exact) mass is 444 g/mol. The highest BCUT2D eigenvalue weighted by atomic mass is 35.5. The molecule has 31 heavy (non-hydrogen) atoms. The number of carbonyl (C=O) groups is 2. The first kappa shape index (κ1) is 23.0. The molecule has 2 aromatic rings. The van der Waals surface area contributed by atoms with Crippen molar-refractivity contribution in [1.82, 2.24) is 19.8 Å². The third-order valence-electron chi connectivity index (χ3n) is 5.73. The van der Waals surface area contributed by atoms with Crippen molar-refractivity contribution in [2.45, 2.75) is 46.1 Å². The zero-order chi connectivity index (χ0) is 22.5. The fourth-order valence-corrected chi connectivity index (χ4v) is 4.15. The van der Waals surface area contributed by atoms with Crippen molar-refractivity contribution in [3.63, 3.8) is 0 Å². The topological polar surface area (TPSA) is 75.6 Å². The minimum absolute atomic E-state index is 0.0747. The van der Waals surface area contributed by atoms with Gasteiger partial charge in [-0.1, -0.05) is 11.6 Å². The van der Waals surface area contributed by atoms with E-state index < -0.39 is 0 Å². The van der Waals surface area contributed by atoms with Gasteiger partial charge in [0.25, 0.3) is 11.8 Å². The van der Waals surface area contributed by atoms with Gasteiger partial charge in [-0.15, -0.1) is 0 Å². The van der Waals surface area contributed by atoms with E-state index >= 15 is 0 Å². The van der Waals surface area contributed by atoms with Crippen LogP contribution in [0.4, 0.5) is 0 Å². The Balaban J connectivity index is 1.92. The summed E-state index contributed by atoms with van der Waals surface area (Å²) in [5, 5.41) is 0.476. The number of amides is 2. The molecule has 1 aliphatic heterocycles. The molecular formula is C23H29ClN4O3. The van der Waals surface area contributed by atoms with Crippen molar-refractivity contribution in [3.05, 3.63) is 52.1 Å². The second kappa shape index (κ2) is 10.1. The third-order valence-corrected chi connectivity index (χ3v) is 5.97. The summed E-state index contributed by atoms with van der Waals surface area (Å²) >= 11 is 6.14. The molecule has 0 spiro atoms. The van der Waals surface area contributed by atoms with Crippen LogP contribution in [0.1, 0.15) is 71.4 Å². The molecule has 2 amide bonds. The van der Waals surface area contributed by atoms with Gasteiger partial charge in [-0.05, 0) is 58.2 Å². The Morgan fingerprint density at radius 3 is 2.61 bits per heavy atom. The lowest BCUT2D eigenvalue weighted by Gasteiger charge is -2.35. The van der Waals surface area contributed by atoms with Gasteiger partial charge in [0.05, 0.1) is 30.0 Å². The Morgan fingerprint density at radius 2 is 1.97 bits per heavy atom. The second-order valence-electron chi connectivity index (χ2n) is 7.56. The molecular weight excluding hydrogens is 416 g/mol. The smallest absolute Gasteiger partial charge is 0.258 e. The molecule has 166 valence electrons. The normalized spacial score (nSPS) is 16.2. The van der Waals surface area contributed by atoms with Gasteiger partial charge in [0, 0.05) is 30.9 Å². The summed E-state index contributed by atoms with van der Waals surface area (Å²) in [5.41, 5.74) is 1.55. The molecule has 0 bridgehead atoms. The molecule has 8 heteroatoms. The second-order valence-corrected chi connectivity index (χ2v) is 8.00. The summed E-state index contributed by atoms with van der Waals surface area (Å²) in [6.07, 6.45) is 4.24. The quantitative estimate of drug-likeness (QED) is 0.664. The molecule has 1 atom stereocenters. The fraction of sp³-hybridized carbons (Fsp3) is 0.478. The van der Waals surface area contributed by atoms with Crippen LogP contribution in [0.25, 0.3) is 0 Å². The van der Waals surface area contributed by atoms with Crippen molar-refractivity contribution < 1.29 is 14.3 Å². The minimum atomic E-state index is -0.263. The summed E-state index contributed by atoms with van der Waals surface area (Å²) in [5.74, 6) is 0.807. The van der Waals surface area contributed by atoms with E-state index in [2.05, 4.69) is 9.97 Å². The standard InChI is InChI=1S/C23H29ClN4O3/c1-5-27(6-2)22(29)18-14-25-21(26-15(18)3)19-9-7-8-12-28(19)23(30)17-13-16(24)10-11-20(17)31-4/h10-11,13-14,19H,5-9,12H2,1-4H3/t19-/m1/s1. The van der Waals surface area contributed by atoms with Gasteiger partial charge in [0.1, 0.15) is 5.75 Å². The van der Waals surface area contributed by atoms with E-state index in [-0.39, 0.29) is 17.9 Å². The Hall–Kier alpha value is -2.67. The SMILES string of the molecule is CCN(CC)C(=O)c1cnc([C@H]2CCCCN2C(=O)c2cc(Cl)ccc2OC)nc1C. The van der Waals surface area contributed by atoms with Gasteiger partial charge >= 0.3 is 0 Å². The summed E-state index contributed by atoms with van der Waals surface area (Å²) in [6.45, 7) is 7.56. The van der Waals surface area contributed by atoms with Gasteiger partial charge < -0.3 is 14.5 Å². The number of piperidine rings is 1. The maximum absolute atomic E-state index is 13.4. The Kier molecular flexibility index (Phi) is 7.49. The highest BCUT2D eigenvalue weighted by Gasteiger charge is 2.32. The molecule has 0 unspecified atom stereocenters. The molecule has 1 aliphatic rings. The molecule has 1 fully saturated rings. The van der Waals surface area contributed by atoms with Crippen LogP contribution in [0.2, 0.25) is 5.02 Å². The van der Waals surface area contributed by atoms with Crippen LogP contribution in [0.15, 0.2) is 24.4 Å². The molecule has 2 heterocycles. The average molecular weight is 445 g/mol. The zero-order valence-corrected chi connectivity index (χ0v) is 19.3. The van der Waals surface area contributed by atoms with Crippen LogP contribution in [0.5, 0.6) is 5.75 Å². The predicted octanol–water partition coefficient (Wildman–Crippen LogP) is 4.30. The highest BCUT2D eigenvalue weighted by Crippen LogP contribution is 2.33. The predicted molar refractivity (Wildman–Crippen MR) is 120 cm³/mol. The number of aryl methyl sites for hydroxylation is 1. The van der Waals surface area contributed by atoms with Crippen LogP contribution in [0, 0.1) is 6.92 Å². The lowest BCUT2D eigenvalue weighted by atomic mass is 9.99. The highest BCUT2D eigenvalue weighted by molar-refractivity contribution is 6.31. The van der Waals surface area contributed by atoms with Crippen LogP contribution in [-0.4, -0.2) is 58.3 Å². The number of rotatable bonds is 6. The summed E-state index contributed by atoms with van der Waals surface area (Å²) in [4.78, 5) is 38.8. The van der Waals surface area contributed by atoms with E-state index in [0.29, 0.717) is 53.1 Å². The summed E-state index contributed by atoms with van der Waals surface area (Å²) in [6, 6.07) is 4.76. The Bertz CT molecular complexity index is 962. The van der Waals surface area contributed by atoms with Crippen molar-refractivity contribution in [2.75, 3.05) is 26.7 Å². The number of ether oxygens (including phenoxy) is 1. The van der Waals surface area contributed by atoms with Crippen LogP contribution < -0.4 is 4.74 Å². The first-order valence-corrected chi connectivity index (χ1v) is 11.1. The number of aromatic nitrogens is 2. The Morgan fingerprint density at radius 1 is 1.23 bits per heavy atom. The van der Waals surface area contributed by atoms with E-state index in [1.54, 1.807) is 34.2 Å². The van der Waals surface area contributed by atoms with E-state index in [0.717, 1.165) is 19.3 Å². The number of benzene rings is 1. The minimum Gasteiger partial charge on any atom is -0.496 e. The van der Waals surface area contributed by atoms with E-state index in [1.807, 2.05) is 20.8 Å². The Labute approximate surface area is 188 Å². The number of nitrogens with zero attached hydrogens (tertiary/aromatic N) is 4. The molecule has 0 saturated carbocycles. The van der Waals surface area contributed by atoms with Crippen molar-refractivity contribution >= 4 is 23.4 Å². The molecule has 0 aliphatic carbocycles. The number of carbonyl (C=O) groups excluding carboxylic acids is 2. The summed E-state index contributed by atoms with van der Waals surface area (Å²) in [7, 11) is 1.53. The molecule has 1 aromatic heterocycles.